The van der Waals surface area contributed by atoms with Gasteiger partial charge in [0.2, 0.25) is 0 Å². The van der Waals surface area contributed by atoms with Crippen LogP contribution in [0.25, 0.3) is 0 Å². The van der Waals surface area contributed by atoms with Crippen LogP contribution in [-0.2, 0) is 20.2 Å². The molecule has 0 saturated heterocycles. The highest BCUT2D eigenvalue weighted by Gasteiger charge is 2.32. The second-order valence-electron chi connectivity index (χ2n) is 2.56. The van der Waals surface area contributed by atoms with E-state index in [4.69, 9.17) is 14.2 Å². The largest absolute Gasteiger partial charge is 0.327 e. The van der Waals surface area contributed by atoms with E-state index in [1.54, 1.807) is 12.4 Å². The lowest BCUT2D eigenvalue weighted by molar-refractivity contribution is -0.364. The molecule has 0 spiro atoms. The SMILES string of the molecule is COC(OC)(OC)c1cncc(Br)c1. The number of aromatic nitrogens is 1. The highest BCUT2D eigenvalue weighted by molar-refractivity contribution is 9.10. The quantitative estimate of drug-likeness (QED) is 0.777. The van der Waals surface area contributed by atoms with E-state index in [9.17, 15) is 0 Å². The Morgan fingerprint density at radius 2 is 1.71 bits per heavy atom. The van der Waals surface area contributed by atoms with Gasteiger partial charge in [-0.15, -0.1) is 0 Å². The number of halogens is 1. The van der Waals surface area contributed by atoms with Crippen molar-refractivity contribution >= 4 is 15.9 Å². The number of hydrogen-bond donors (Lipinski definition) is 0. The first-order valence-electron chi connectivity index (χ1n) is 3.95. The van der Waals surface area contributed by atoms with E-state index in [1.165, 1.54) is 21.3 Å². The summed E-state index contributed by atoms with van der Waals surface area (Å²) in [5.41, 5.74) is 0.694. The minimum Gasteiger partial charge on any atom is -0.327 e. The Morgan fingerprint density at radius 1 is 1.14 bits per heavy atom. The van der Waals surface area contributed by atoms with Gasteiger partial charge in [0, 0.05) is 38.2 Å². The molecule has 5 heteroatoms. The van der Waals surface area contributed by atoms with Crippen molar-refractivity contribution in [2.75, 3.05) is 21.3 Å². The number of hydrogen-bond acceptors (Lipinski definition) is 4. The number of nitrogens with zero attached hydrogens (tertiary/aromatic N) is 1. The molecule has 0 fully saturated rings. The Kier molecular flexibility index (Phi) is 4.00. The van der Waals surface area contributed by atoms with Crippen molar-refractivity contribution in [3.63, 3.8) is 0 Å². The molecule has 0 aromatic carbocycles. The van der Waals surface area contributed by atoms with Crippen molar-refractivity contribution in [1.29, 1.82) is 0 Å². The molecule has 1 aromatic heterocycles. The molecule has 14 heavy (non-hydrogen) atoms. The van der Waals surface area contributed by atoms with Crippen molar-refractivity contribution in [1.82, 2.24) is 4.98 Å². The van der Waals surface area contributed by atoms with Crippen LogP contribution in [0.3, 0.4) is 0 Å². The second-order valence-corrected chi connectivity index (χ2v) is 3.48. The average Bonchev–Trinajstić information content (AvgIpc) is 2.22. The summed E-state index contributed by atoms with van der Waals surface area (Å²) in [6, 6.07) is 1.82. The van der Waals surface area contributed by atoms with E-state index in [0.717, 1.165) is 4.47 Å². The fraction of sp³-hybridized carbons (Fsp3) is 0.444. The Hall–Kier alpha value is -0.490. The van der Waals surface area contributed by atoms with Crippen LogP contribution in [0.4, 0.5) is 0 Å². The van der Waals surface area contributed by atoms with E-state index in [1.807, 2.05) is 6.07 Å². The van der Waals surface area contributed by atoms with Gasteiger partial charge in [0.15, 0.2) is 0 Å². The van der Waals surface area contributed by atoms with E-state index < -0.39 is 5.97 Å². The summed E-state index contributed by atoms with van der Waals surface area (Å²) in [6.07, 6.45) is 3.30. The molecular weight excluding hydrogens is 250 g/mol. The molecular formula is C9H12BrNO3. The van der Waals surface area contributed by atoms with Crippen LogP contribution in [0.1, 0.15) is 5.56 Å². The molecule has 1 rings (SSSR count). The van der Waals surface area contributed by atoms with Crippen LogP contribution in [0.5, 0.6) is 0 Å². The molecule has 1 aromatic rings. The minimum atomic E-state index is -1.18. The van der Waals surface area contributed by atoms with Crippen LogP contribution in [0.15, 0.2) is 22.9 Å². The molecule has 0 N–H and O–H groups in total. The monoisotopic (exact) mass is 261 g/mol. The van der Waals surface area contributed by atoms with Gasteiger partial charge in [-0.1, -0.05) is 0 Å². The van der Waals surface area contributed by atoms with Gasteiger partial charge < -0.3 is 14.2 Å². The first-order chi connectivity index (χ1) is 6.68. The first kappa shape index (κ1) is 11.6. The maximum absolute atomic E-state index is 5.17. The van der Waals surface area contributed by atoms with E-state index in [0.29, 0.717) is 5.56 Å². The molecule has 0 unspecified atom stereocenters. The number of methoxy groups -OCH3 is 3. The maximum Gasteiger partial charge on any atom is 0.312 e. The predicted molar refractivity (Wildman–Crippen MR) is 54.6 cm³/mol. The average molecular weight is 262 g/mol. The third-order valence-electron chi connectivity index (χ3n) is 1.86. The minimum absolute atomic E-state index is 0.694. The zero-order valence-electron chi connectivity index (χ0n) is 8.28. The van der Waals surface area contributed by atoms with Crippen molar-refractivity contribution in [2.24, 2.45) is 0 Å². The highest BCUT2D eigenvalue weighted by Crippen LogP contribution is 2.27. The Bertz CT molecular complexity index is 294. The summed E-state index contributed by atoms with van der Waals surface area (Å²) in [5.74, 6) is -1.18. The Labute approximate surface area is 91.3 Å². The lowest BCUT2D eigenvalue weighted by atomic mass is 10.2. The van der Waals surface area contributed by atoms with E-state index >= 15 is 0 Å². The summed E-state index contributed by atoms with van der Waals surface area (Å²) >= 11 is 3.31. The second kappa shape index (κ2) is 4.84. The molecule has 0 saturated carbocycles. The van der Waals surface area contributed by atoms with Crippen LogP contribution in [0, 0.1) is 0 Å². The van der Waals surface area contributed by atoms with Gasteiger partial charge >= 0.3 is 5.97 Å². The van der Waals surface area contributed by atoms with Crippen molar-refractivity contribution in [2.45, 2.75) is 5.97 Å². The Morgan fingerprint density at radius 3 is 2.14 bits per heavy atom. The molecule has 1 heterocycles. The van der Waals surface area contributed by atoms with Crippen LogP contribution < -0.4 is 0 Å². The molecule has 78 valence electrons. The third-order valence-corrected chi connectivity index (χ3v) is 2.30. The van der Waals surface area contributed by atoms with Gasteiger partial charge in [0.05, 0.1) is 5.56 Å². The lowest BCUT2D eigenvalue weighted by Gasteiger charge is -2.28. The van der Waals surface area contributed by atoms with Gasteiger partial charge in [0.25, 0.3) is 0 Å². The van der Waals surface area contributed by atoms with Gasteiger partial charge in [-0.3, -0.25) is 4.98 Å². The first-order valence-corrected chi connectivity index (χ1v) is 4.74. The van der Waals surface area contributed by atoms with Crippen molar-refractivity contribution < 1.29 is 14.2 Å². The van der Waals surface area contributed by atoms with Crippen molar-refractivity contribution in [3.05, 3.63) is 28.5 Å². The molecule has 0 aliphatic rings. The van der Waals surface area contributed by atoms with E-state index in [2.05, 4.69) is 20.9 Å². The smallest absolute Gasteiger partial charge is 0.312 e. The summed E-state index contributed by atoms with van der Waals surface area (Å²) in [4.78, 5) is 4.01. The maximum atomic E-state index is 5.17. The van der Waals surface area contributed by atoms with Gasteiger partial charge in [0.1, 0.15) is 0 Å². The topological polar surface area (TPSA) is 40.6 Å². The van der Waals surface area contributed by atoms with Crippen LogP contribution in [0.2, 0.25) is 0 Å². The fourth-order valence-corrected chi connectivity index (χ4v) is 1.55. The predicted octanol–water partition coefficient (Wildman–Crippen LogP) is 1.89. The summed E-state index contributed by atoms with van der Waals surface area (Å²) in [5, 5.41) is 0. The zero-order valence-corrected chi connectivity index (χ0v) is 9.87. The summed E-state index contributed by atoms with van der Waals surface area (Å²) in [6.45, 7) is 0. The molecule has 0 aliphatic heterocycles. The molecule has 0 aliphatic carbocycles. The van der Waals surface area contributed by atoms with Crippen LogP contribution in [-0.4, -0.2) is 26.3 Å². The molecule has 0 atom stereocenters. The number of ether oxygens (including phenoxy) is 3. The molecule has 4 nitrogen and oxygen atoms in total. The summed E-state index contributed by atoms with van der Waals surface area (Å²) in [7, 11) is 4.52. The van der Waals surface area contributed by atoms with E-state index in [-0.39, 0.29) is 0 Å². The van der Waals surface area contributed by atoms with Crippen molar-refractivity contribution in [3.8, 4) is 0 Å². The number of pyridine rings is 1. The van der Waals surface area contributed by atoms with Gasteiger partial charge in [-0.2, -0.15) is 0 Å². The standard InChI is InChI=1S/C9H12BrNO3/c1-12-9(13-2,14-3)7-4-8(10)6-11-5-7/h4-6H,1-3H3. The Balaban J connectivity index is 3.10. The normalized spacial score (nSPS) is 11.7. The van der Waals surface area contributed by atoms with Crippen LogP contribution >= 0.6 is 15.9 Å². The van der Waals surface area contributed by atoms with Gasteiger partial charge in [-0.05, 0) is 22.0 Å². The summed E-state index contributed by atoms with van der Waals surface area (Å²) < 4.78 is 16.4. The third kappa shape index (κ3) is 2.12. The molecule has 0 bridgehead atoms. The zero-order chi connectivity index (χ0) is 10.6. The highest BCUT2D eigenvalue weighted by atomic mass is 79.9. The molecule has 0 amide bonds. The molecule has 0 radical (unpaired) electrons. The fourth-order valence-electron chi connectivity index (χ4n) is 1.18. The van der Waals surface area contributed by atoms with Gasteiger partial charge in [-0.25, -0.2) is 0 Å². The lowest BCUT2D eigenvalue weighted by Crippen LogP contribution is -2.33. The number of rotatable bonds is 4.